The average Bonchev–Trinajstić information content (AvgIpc) is 3.28. The molecule has 0 radical (unpaired) electrons. The van der Waals surface area contributed by atoms with Crippen LogP contribution in [0.5, 0.6) is 11.8 Å². The van der Waals surface area contributed by atoms with Crippen LogP contribution in [0.2, 0.25) is 0 Å². The summed E-state index contributed by atoms with van der Waals surface area (Å²) in [5.74, 6) is 1.25. The standard InChI is InChI=1S/C23H23FN8O/c1-31-10-12-32(13-11-31)22-26-21(27-23(28-22)33-18-9-5-8-17(24)14-18)25-20-15-19(29-30-20)16-6-3-2-4-7-16/h2-9,14-15H,10-13H2,1H3,(H2,25,26,27,28,29,30). The van der Waals surface area contributed by atoms with Crippen LogP contribution in [0.15, 0.2) is 60.7 Å². The van der Waals surface area contributed by atoms with Gasteiger partial charge in [-0.2, -0.15) is 20.1 Å². The van der Waals surface area contributed by atoms with E-state index in [1.807, 2.05) is 36.4 Å². The molecule has 1 fully saturated rings. The van der Waals surface area contributed by atoms with Gasteiger partial charge in [0.2, 0.25) is 11.9 Å². The highest BCUT2D eigenvalue weighted by molar-refractivity contribution is 5.64. The van der Waals surface area contributed by atoms with E-state index < -0.39 is 5.82 Å². The molecule has 2 aromatic heterocycles. The summed E-state index contributed by atoms with van der Waals surface area (Å²) >= 11 is 0. The lowest BCUT2D eigenvalue weighted by Crippen LogP contribution is -2.45. The van der Waals surface area contributed by atoms with Crippen molar-refractivity contribution < 1.29 is 9.13 Å². The molecular weight excluding hydrogens is 423 g/mol. The number of halogens is 1. The van der Waals surface area contributed by atoms with Crippen molar-refractivity contribution in [2.75, 3.05) is 43.4 Å². The molecule has 0 saturated carbocycles. The van der Waals surface area contributed by atoms with E-state index in [0.29, 0.717) is 17.5 Å². The Balaban J connectivity index is 1.43. The van der Waals surface area contributed by atoms with Crippen LogP contribution in [-0.4, -0.2) is 63.3 Å². The monoisotopic (exact) mass is 446 g/mol. The van der Waals surface area contributed by atoms with Gasteiger partial charge in [-0.25, -0.2) is 4.39 Å². The number of nitrogens with zero attached hydrogens (tertiary/aromatic N) is 6. The number of aromatic amines is 1. The smallest absolute Gasteiger partial charge is 0.328 e. The molecule has 2 aromatic carbocycles. The first-order valence-corrected chi connectivity index (χ1v) is 10.6. The summed E-state index contributed by atoms with van der Waals surface area (Å²) in [5.41, 5.74) is 1.88. The lowest BCUT2D eigenvalue weighted by molar-refractivity contribution is 0.310. The molecule has 9 nitrogen and oxygen atoms in total. The first-order chi connectivity index (χ1) is 16.1. The van der Waals surface area contributed by atoms with Crippen molar-refractivity contribution in [3.05, 3.63) is 66.5 Å². The van der Waals surface area contributed by atoms with Gasteiger partial charge >= 0.3 is 6.01 Å². The van der Waals surface area contributed by atoms with E-state index in [2.05, 4.69) is 47.3 Å². The van der Waals surface area contributed by atoms with Crippen molar-refractivity contribution in [3.63, 3.8) is 0 Å². The van der Waals surface area contributed by atoms with Gasteiger partial charge in [-0.15, -0.1) is 0 Å². The second kappa shape index (κ2) is 9.21. The summed E-state index contributed by atoms with van der Waals surface area (Å²) in [4.78, 5) is 17.8. The lowest BCUT2D eigenvalue weighted by Gasteiger charge is -2.32. The second-order valence-corrected chi connectivity index (χ2v) is 7.75. The van der Waals surface area contributed by atoms with Crippen molar-refractivity contribution in [1.82, 2.24) is 30.0 Å². The molecule has 1 saturated heterocycles. The maximum absolute atomic E-state index is 13.6. The number of ether oxygens (including phenoxy) is 1. The zero-order chi connectivity index (χ0) is 22.6. The highest BCUT2D eigenvalue weighted by Gasteiger charge is 2.20. The lowest BCUT2D eigenvalue weighted by atomic mass is 10.2. The van der Waals surface area contributed by atoms with Crippen LogP contribution < -0.4 is 15.0 Å². The molecule has 5 rings (SSSR count). The normalized spacial score (nSPS) is 14.3. The van der Waals surface area contributed by atoms with E-state index >= 15 is 0 Å². The van der Waals surface area contributed by atoms with E-state index in [0.717, 1.165) is 37.4 Å². The molecular formula is C23H23FN8O. The summed E-state index contributed by atoms with van der Waals surface area (Å²) in [7, 11) is 2.08. The molecule has 0 unspecified atom stereocenters. The van der Waals surface area contributed by atoms with Crippen molar-refractivity contribution in [2.24, 2.45) is 0 Å². The largest absolute Gasteiger partial charge is 0.424 e. The fourth-order valence-electron chi connectivity index (χ4n) is 3.50. The summed E-state index contributed by atoms with van der Waals surface area (Å²) in [5, 5.41) is 10.5. The molecule has 4 aromatic rings. The fourth-order valence-corrected chi connectivity index (χ4v) is 3.50. The third kappa shape index (κ3) is 5.07. The SMILES string of the molecule is CN1CCN(c2nc(Nc3cc(-c4ccccc4)[nH]n3)nc(Oc3cccc(F)c3)n2)CC1. The first-order valence-electron chi connectivity index (χ1n) is 10.6. The Hall–Kier alpha value is -4.05. The van der Waals surface area contributed by atoms with Gasteiger partial charge in [-0.1, -0.05) is 36.4 Å². The van der Waals surface area contributed by atoms with Crippen LogP contribution in [0.1, 0.15) is 0 Å². The van der Waals surface area contributed by atoms with Gasteiger partial charge in [-0.05, 0) is 24.7 Å². The van der Waals surface area contributed by atoms with Gasteiger partial charge in [0.1, 0.15) is 11.6 Å². The molecule has 0 spiro atoms. The Kier molecular flexibility index (Phi) is 5.81. The zero-order valence-corrected chi connectivity index (χ0v) is 18.1. The zero-order valence-electron chi connectivity index (χ0n) is 18.1. The number of likely N-dealkylation sites (N-methyl/N-ethyl adjacent to an activating group) is 1. The summed E-state index contributed by atoms with van der Waals surface area (Å²) in [6.07, 6.45) is 0. The minimum atomic E-state index is -0.399. The molecule has 0 atom stereocenters. The molecule has 2 N–H and O–H groups in total. The Morgan fingerprint density at radius 1 is 0.939 bits per heavy atom. The number of piperazine rings is 1. The van der Waals surface area contributed by atoms with Gasteiger partial charge in [0.05, 0.1) is 5.69 Å². The van der Waals surface area contributed by atoms with Gasteiger partial charge in [0, 0.05) is 38.3 Å². The molecule has 1 aliphatic heterocycles. The summed E-state index contributed by atoms with van der Waals surface area (Å²) in [6, 6.07) is 17.7. The number of H-pyrrole nitrogens is 1. The van der Waals surface area contributed by atoms with Crippen LogP contribution in [-0.2, 0) is 0 Å². The Labute approximate surface area is 190 Å². The Morgan fingerprint density at radius 3 is 2.55 bits per heavy atom. The van der Waals surface area contributed by atoms with Crippen LogP contribution in [0.4, 0.5) is 22.1 Å². The number of anilines is 3. The predicted molar refractivity (Wildman–Crippen MR) is 123 cm³/mol. The van der Waals surface area contributed by atoms with E-state index in [9.17, 15) is 4.39 Å². The Morgan fingerprint density at radius 2 is 1.76 bits per heavy atom. The number of aromatic nitrogens is 5. The first kappa shape index (κ1) is 20.8. The maximum Gasteiger partial charge on any atom is 0.328 e. The fraction of sp³-hybridized carbons (Fsp3) is 0.217. The molecule has 10 heteroatoms. The highest BCUT2D eigenvalue weighted by atomic mass is 19.1. The molecule has 168 valence electrons. The van der Waals surface area contributed by atoms with Crippen molar-refractivity contribution in [3.8, 4) is 23.0 Å². The van der Waals surface area contributed by atoms with E-state index in [-0.39, 0.29) is 12.0 Å². The van der Waals surface area contributed by atoms with Crippen LogP contribution in [0.3, 0.4) is 0 Å². The van der Waals surface area contributed by atoms with Crippen molar-refractivity contribution in [2.45, 2.75) is 0 Å². The molecule has 33 heavy (non-hydrogen) atoms. The number of hydrogen-bond acceptors (Lipinski definition) is 8. The van der Waals surface area contributed by atoms with Gasteiger partial charge in [0.15, 0.2) is 5.82 Å². The quantitative estimate of drug-likeness (QED) is 0.463. The average molecular weight is 446 g/mol. The molecule has 0 aliphatic carbocycles. The molecule has 1 aliphatic rings. The van der Waals surface area contributed by atoms with E-state index in [4.69, 9.17) is 4.74 Å². The van der Waals surface area contributed by atoms with Crippen LogP contribution in [0, 0.1) is 5.82 Å². The topological polar surface area (TPSA) is 95.1 Å². The van der Waals surface area contributed by atoms with Crippen molar-refractivity contribution >= 4 is 17.7 Å². The highest BCUT2D eigenvalue weighted by Crippen LogP contribution is 2.25. The summed E-state index contributed by atoms with van der Waals surface area (Å²) < 4.78 is 19.4. The van der Waals surface area contributed by atoms with E-state index in [1.165, 1.54) is 12.1 Å². The third-order valence-electron chi connectivity index (χ3n) is 5.30. The van der Waals surface area contributed by atoms with Crippen LogP contribution >= 0.6 is 0 Å². The van der Waals surface area contributed by atoms with Gasteiger partial charge in [0.25, 0.3) is 0 Å². The van der Waals surface area contributed by atoms with E-state index in [1.54, 1.807) is 12.1 Å². The van der Waals surface area contributed by atoms with Gasteiger partial charge in [-0.3, -0.25) is 5.10 Å². The number of hydrogen-bond donors (Lipinski definition) is 2. The van der Waals surface area contributed by atoms with Crippen LogP contribution in [0.25, 0.3) is 11.3 Å². The summed E-state index contributed by atoms with van der Waals surface area (Å²) in [6.45, 7) is 3.35. The number of nitrogens with one attached hydrogen (secondary N) is 2. The van der Waals surface area contributed by atoms with Gasteiger partial charge < -0.3 is 19.9 Å². The molecule has 3 heterocycles. The second-order valence-electron chi connectivity index (χ2n) is 7.75. The molecule has 0 bridgehead atoms. The number of rotatable bonds is 6. The predicted octanol–water partition coefficient (Wildman–Crippen LogP) is 3.69. The minimum Gasteiger partial charge on any atom is -0.424 e. The number of benzene rings is 2. The maximum atomic E-state index is 13.6. The minimum absolute atomic E-state index is 0.0749. The van der Waals surface area contributed by atoms with Crippen molar-refractivity contribution in [1.29, 1.82) is 0 Å². The molecule has 0 amide bonds. The third-order valence-corrected chi connectivity index (χ3v) is 5.30. The Bertz CT molecular complexity index is 1220.